The highest BCUT2D eigenvalue weighted by atomic mass is 16.5. The molecule has 0 aromatic heterocycles. The molecule has 0 saturated carbocycles. The maximum atomic E-state index is 11.8. The zero-order valence-corrected chi connectivity index (χ0v) is 13.6. The highest BCUT2D eigenvalue weighted by Crippen LogP contribution is 2.34. The van der Waals surface area contributed by atoms with E-state index in [1.807, 2.05) is 30.3 Å². The van der Waals surface area contributed by atoms with Crippen molar-refractivity contribution in [3.8, 4) is 11.5 Å². The lowest BCUT2D eigenvalue weighted by atomic mass is 10.1. The van der Waals surface area contributed by atoms with Crippen molar-refractivity contribution in [2.24, 2.45) is 0 Å². The third kappa shape index (κ3) is 4.60. The lowest BCUT2D eigenvalue weighted by molar-refractivity contribution is -0.140. The largest absolute Gasteiger partial charge is 0.493 e. The number of esters is 1. The fourth-order valence-corrected chi connectivity index (χ4v) is 2.20. The maximum Gasteiger partial charge on any atom is 0.330 e. The Bertz CT molecular complexity index is 694. The van der Waals surface area contributed by atoms with Crippen LogP contribution in [-0.4, -0.2) is 31.9 Å². The Morgan fingerprint density at radius 1 is 1.08 bits per heavy atom. The van der Waals surface area contributed by atoms with Crippen LogP contribution in [0, 0.1) is 0 Å². The van der Waals surface area contributed by atoms with Gasteiger partial charge in [0, 0.05) is 11.6 Å². The minimum Gasteiger partial charge on any atom is -0.493 e. The van der Waals surface area contributed by atoms with Gasteiger partial charge in [-0.1, -0.05) is 42.5 Å². The molecule has 0 aliphatic carbocycles. The summed E-state index contributed by atoms with van der Waals surface area (Å²) >= 11 is 0. The molecule has 5 heteroatoms. The molecule has 0 bridgehead atoms. The SMILES string of the molecule is COc1cccc([C@H](O)COC(=O)/C=C/c2ccccc2)c1OC. The molecule has 0 heterocycles. The monoisotopic (exact) mass is 328 g/mol. The van der Waals surface area contributed by atoms with Crippen molar-refractivity contribution in [2.45, 2.75) is 6.10 Å². The predicted molar refractivity (Wildman–Crippen MR) is 90.9 cm³/mol. The lowest BCUT2D eigenvalue weighted by Crippen LogP contribution is -2.12. The van der Waals surface area contributed by atoms with Crippen LogP contribution in [0.15, 0.2) is 54.6 Å². The maximum absolute atomic E-state index is 11.8. The Hall–Kier alpha value is -2.79. The summed E-state index contributed by atoms with van der Waals surface area (Å²) < 4.78 is 15.5. The van der Waals surface area contributed by atoms with E-state index in [2.05, 4.69) is 0 Å². The average Bonchev–Trinajstić information content (AvgIpc) is 2.64. The highest BCUT2D eigenvalue weighted by Gasteiger charge is 2.18. The van der Waals surface area contributed by atoms with E-state index in [1.165, 1.54) is 20.3 Å². The summed E-state index contributed by atoms with van der Waals surface area (Å²) in [4.78, 5) is 11.8. The van der Waals surface area contributed by atoms with Crippen molar-refractivity contribution in [3.63, 3.8) is 0 Å². The number of hydrogen-bond donors (Lipinski definition) is 1. The summed E-state index contributed by atoms with van der Waals surface area (Å²) in [6, 6.07) is 14.6. The molecule has 0 amide bonds. The van der Waals surface area contributed by atoms with Gasteiger partial charge in [-0.15, -0.1) is 0 Å². The zero-order valence-electron chi connectivity index (χ0n) is 13.6. The summed E-state index contributed by atoms with van der Waals surface area (Å²) in [6.45, 7) is -0.179. The van der Waals surface area contributed by atoms with Crippen LogP contribution in [-0.2, 0) is 9.53 Å². The van der Waals surface area contributed by atoms with E-state index in [1.54, 1.807) is 24.3 Å². The number of methoxy groups -OCH3 is 2. The Morgan fingerprint density at radius 2 is 1.83 bits per heavy atom. The van der Waals surface area contributed by atoms with Gasteiger partial charge in [0.1, 0.15) is 12.7 Å². The molecule has 126 valence electrons. The molecule has 0 saturated heterocycles. The van der Waals surface area contributed by atoms with Crippen molar-refractivity contribution >= 4 is 12.0 Å². The quantitative estimate of drug-likeness (QED) is 0.625. The number of benzene rings is 2. The Balaban J connectivity index is 1.97. The van der Waals surface area contributed by atoms with E-state index in [0.29, 0.717) is 17.1 Å². The van der Waals surface area contributed by atoms with Crippen molar-refractivity contribution in [2.75, 3.05) is 20.8 Å². The molecule has 2 aromatic rings. The average molecular weight is 328 g/mol. The molecule has 0 unspecified atom stereocenters. The summed E-state index contributed by atoms with van der Waals surface area (Å²) in [5, 5.41) is 10.2. The summed E-state index contributed by atoms with van der Waals surface area (Å²) in [7, 11) is 3.01. The van der Waals surface area contributed by atoms with Crippen molar-refractivity contribution in [1.82, 2.24) is 0 Å². The molecule has 0 aliphatic heterocycles. The van der Waals surface area contributed by atoms with Crippen molar-refractivity contribution in [1.29, 1.82) is 0 Å². The van der Waals surface area contributed by atoms with Gasteiger partial charge in [0.25, 0.3) is 0 Å². The number of ether oxygens (including phenoxy) is 3. The normalized spacial score (nSPS) is 12.0. The van der Waals surface area contributed by atoms with E-state index < -0.39 is 12.1 Å². The topological polar surface area (TPSA) is 65.0 Å². The summed E-state index contributed by atoms with van der Waals surface area (Å²) in [6.07, 6.45) is 1.97. The minimum absolute atomic E-state index is 0.179. The molecule has 0 radical (unpaired) electrons. The molecule has 0 aliphatic rings. The third-order valence-electron chi connectivity index (χ3n) is 3.39. The molecular formula is C19H20O5. The van der Waals surface area contributed by atoms with Crippen molar-refractivity contribution in [3.05, 3.63) is 65.7 Å². The smallest absolute Gasteiger partial charge is 0.330 e. The van der Waals surface area contributed by atoms with E-state index in [9.17, 15) is 9.90 Å². The first-order valence-corrected chi connectivity index (χ1v) is 7.44. The van der Waals surface area contributed by atoms with E-state index in [0.717, 1.165) is 5.56 Å². The van der Waals surface area contributed by atoms with E-state index in [-0.39, 0.29) is 6.61 Å². The number of carbonyl (C=O) groups is 1. The van der Waals surface area contributed by atoms with Crippen LogP contribution in [0.25, 0.3) is 6.08 Å². The number of aliphatic hydroxyl groups excluding tert-OH is 1. The second kappa shape index (κ2) is 8.74. The van der Waals surface area contributed by atoms with Crippen molar-refractivity contribution < 1.29 is 24.1 Å². The molecule has 5 nitrogen and oxygen atoms in total. The van der Waals surface area contributed by atoms with Crippen LogP contribution in [0.1, 0.15) is 17.2 Å². The van der Waals surface area contributed by atoms with E-state index >= 15 is 0 Å². The zero-order chi connectivity index (χ0) is 17.4. The summed E-state index contributed by atoms with van der Waals surface area (Å²) in [5.41, 5.74) is 1.39. The number of carbonyl (C=O) groups excluding carboxylic acids is 1. The van der Waals surface area contributed by atoms with Crippen LogP contribution in [0.2, 0.25) is 0 Å². The van der Waals surface area contributed by atoms with Crippen LogP contribution in [0.3, 0.4) is 0 Å². The predicted octanol–water partition coefficient (Wildman–Crippen LogP) is 2.99. The van der Waals surface area contributed by atoms with Crippen LogP contribution in [0.5, 0.6) is 11.5 Å². The Kier molecular flexibility index (Phi) is 6.40. The molecule has 1 N–H and O–H groups in total. The van der Waals surface area contributed by atoms with Gasteiger partial charge < -0.3 is 19.3 Å². The summed E-state index contributed by atoms with van der Waals surface area (Å²) in [5.74, 6) is 0.396. The number of rotatable bonds is 7. The number of aliphatic hydroxyl groups is 1. The van der Waals surface area contributed by atoms with Gasteiger partial charge in [-0.2, -0.15) is 0 Å². The van der Waals surface area contributed by atoms with E-state index in [4.69, 9.17) is 14.2 Å². The molecular weight excluding hydrogens is 308 g/mol. The third-order valence-corrected chi connectivity index (χ3v) is 3.39. The molecule has 24 heavy (non-hydrogen) atoms. The molecule has 2 rings (SSSR count). The standard InChI is InChI=1S/C19H20O5/c1-22-17-10-6-9-15(19(17)23-2)16(20)13-24-18(21)12-11-14-7-4-3-5-8-14/h3-12,16,20H,13H2,1-2H3/b12-11+/t16-/m1/s1. The number of para-hydroxylation sites is 1. The Morgan fingerprint density at radius 3 is 2.50 bits per heavy atom. The fourth-order valence-electron chi connectivity index (χ4n) is 2.20. The van der Waals surface area contributed by atoms with Gasteiger partial charge in [-0.05, 0) is 17.7 Å². The van der Waals surface area contributed by atoms with Crippen LogP contribution >= 0.6 is 0 Å². The van der Waals surface area contributed by atoms with Gasteiger partial charge in [0.15, 0.2) is 11.5 Å². The Labute approximate surface area is 141 Å². The van der Waals surface area contributed by atoms with Crippen LogP contribution < -0.4 is 9.47 Å². The first-order valence-electron chi connectivity index (χ1n) is 7.44. The lowest BCUT2D eigenvalue weighted by Gasteiger charge is -2.16. The fraction of sp³-hybridized carbons (Fsp3) is 0.211. The molecule has 0 fully saturated rings. The van der Waals surface area contributed by atoms with Gasteiger partial charge >= 0.3 is 5.97 Å². The second-order valence-corrected chi connectivity index (χ2v) is 4.97. The first kappa shape index (κ1) is 17.6. The first-order chi connectivity index (χ1) is 11.7. The molecule has 2 aromatic carbocycles. The van der Waals surface area contributed by atoms with Gasteiger partial charge in [0.05, 0.1) is 14.2 Å². The van der Waals surface area contributed by atoms with Gasteiger partial charge in [-0.3, -0.25) is 0 Å². The molecule has 1 atom stereocenters. The molecule has 0 spiro atoms. The highest BCUT2D eigenvalue weighted by molar-refractivity contribution is 5.87. The number of hydrogen-bond acceptors (Lipinski definition) is 5. The second-order valence-electron chi connectivity index (χ2n) is 4.97. The van der Waals surface area contributed by atoms with Gasteiger partial charge in [-0.25, -0.2) is 4.79 Å². The minimum atomic E-state index is -1.01. The van der Waals surface area contributed by atoms with Gasteiger partial charge in [0.2, 0.25) is 0 Å². The van der Waals surface area contributed by atoms with Crippen LogP contribution in [0.4, 0.5) is 0 Å².